The molecule has 1 saturated heterocycles. The molecule has 3 rings (SSSR count). The molecule has 5 nitrogen and oxygen atoms in total. The number of piperidine rings is 1. The molecule has 98 valence electrons. The maximum Gasteiger partial charge on any atom is 0.249 e. The normalized spacial score (nSPS) is 19.5. The monoisotopic (exact) mass is 257 g/mol. The van der Waals surface area contributed by atoms with Crippen LogP contribution in [-0.4, -0.2) is 22.4 Å². The first-order valence-electron chi connectivity index (χ1n) is 6.29. The van der Waals surface area contributed by atoms with Gasteiger partial charge in [-0.15, -0.1) is 0 Å². The minimum atomic E-state index is -0.334. The fourth-order valence-electron chi connectivity index (χ4n) is 2.40. The Kier molecular flexibility index (Phi) is 2.74. The summed E-state index contributed by atoms with van der Waals surface area (Å²) in [5.74, 6) is -0.439. The van der Waals surface area contributed by atoms with Crippen molar-refractivity contribution >= 4 is 28.4 Å². The average Bonchev–Trinajstić information content (AvgIpc) is 2.74. The van der Waals surface area contributed by atoms with Crippen LogP contribution in [0.1, 0.15) is 12.8 Å². The predicted molar refractivity (Wildman–Crippen MR) is 72.7 cm³/mol. The zero-order valence-corrected chi connectivity index (χ0v) is 10.6. The van der Waals surface area contributed by atoms with Gasteiger partial charge in [0, 0.05) is 36.3 Å². The van der Waals surface area contributed by atoms with Crippen LogP contribution in [0.3, 0.4) is 0 Å². The number of hydrogen-bond acceptors (Lipinski definition) is 3. The van der Waals surface area contributed by atoms with Crippen LogP contribution < -0.4 is 10.6 Å². The van der Waals surface area contributed by atoms with E-state index in [1.165, 1.54) is 0 Å². The standard InChI is InChI=1S/C14H15N3O2/c1-17-7-6-9-8-10(2-4-12(9)17)15-11-3-5-13(18)16-14(11)19/h2,4,6-8,11,15H,3,5H2,1H3,(H,16,18,19). The van der Waals surface area contributed by atoms with Crippen LogP contribution in [0.4, 0.5) is 5.69 Å². The van der Waals surface area contributed by atoms with E-state index in [0.717, 1.165) is 16.6 Å². The minimum Gasteiger partial charge on any atom is -0.374 e. The van der Waals surface area contributed by atoms with Crippen LogP contribution in [0.15, 0.2) is 30.5 Å². The molecule has 0 bridgehead atoms. The number of carbonyl (C=O) groups excluding carboxylic acids is 2. The molecule has 0 saturated carbocycles. The second kappa shape index (κ2) is 4.42. The van der Waals surface area contributed by atoms with Crippen LogP contribution in [-0.2, 0) is 16.6 Å². The Bertz CT molecular complexity index is 660. The summed E-state index contributed by atoms with van der Waals surface area (Å²) in [6.45, 7) is 0. The molecule has 0 spiro atoms. The molecule has 1 aliphatic heterocycles. The van der Waals surface area contributed by atoms with Crippen LogP contribution in [0.2, 0.25) is 0 Å². The van der Waals surface area contributed by atoms with Crippen molar-refractivity contribution < 1.29 is 9.59 Å². The third-order valence-corrected chi connectivity index (χ3v) is 3.47. The Morgan fingerprint density at radius 3 is 2.95 bits per heavy atom. The molecule has 1 atom stereocenters. The lowest BCUT2D eigenvalue weighted by Crippen LogP contribution is -2.47. The predicted octanol–water partition coefficient (Wildman–Crippen LogP) is 1.40. The lowest BCUT2D eigenvalue weighted by molar-refractivity contribution is -0.133. The average molecular weight is 257 g/mol. The molecule has 2 N–H and O–H groups in total. The highest BCUT2D eigenvalue weighted by Crippen LogP contribution is 2.21. The molecule has 5 heteroatoms. The summed E-state index contributed by atoms with van der Waals surface area (Å²) in [6, 6.07) is 7.68. The second-order valence-electron chi connectivity index (χ2n) is 4.85. The molecule has 1 fully saturated rings. The largest absolute Gasteiger partial charge is 0.374 e. The van der Waals surface area contributed by atoms with Crippen molar-refractivity contribution in [3.63, 3.8) is 0 Å². The SMILES string of the molecule is Cn1ccc2cc(NC3CCC(=O)NC3=O)ccc21. The van der Waals surface area contributed by atoms with E-state index in [2.05, 4.69) is 10.6 Å². The fraction of sp³-hybridized carbons (Fsp3) is 0.286. The molecule has 1 unspecified atom stereocenters. The second-order valence-corrected chi connectivity index (χ2v) is 4.85. The van der Waals surface area contributed by atoms with E-state index in [9.17, 15) is 9.59 Å². The smallest absolute Gasteiger partial charge is 0.249 e. The number of anilines is 1. The number of aryl methyl sites for hydroxylation is 1. The van der Waals surface area contributed by atoms with Gasteiger partial charge in [-0.25, -0.2) is 0 Å². The van der Waals surface area contributed by atoms with Gasteiger partial charge in [-0.2, -0.15) is 0 Å². The van der Waals surface area contributed by atoms with Gasteiger partial charge >= 0.3 is 0 Å². The topological polar surface area (TPSA) is 63.1 Å². The highest BCUT2D eigenvalue weighted by atomic mass is 16.2. The van der Waals surface area contributed by atoms with E-state index >= 15 is 0 Å². The molecule has 19 heavy (non-hydrogen) atoms. The molecular formula is C14H15N3O2. The molecule has 2 heterocycles. The van der Waals surface area contributed by atoms with Gasteiger partial charge in [0.2, 0.25) is 11.8 Å². The Balaban J connectivity index is 1.81. The number of fused-ring (bicyclic) bond motifs is 1. The molecule has 2 amide bonds. The number of benzene rings is 1. The van der Waals surface area contributed by atoms with Crippen molar-refractivity contribution in [1.82, 2.24) is 9.88 Å². The molecule has 2 aromatic rings. The van der Waals surface area contributed by atoms with E-state index in [4.69, 9.17) is 0 Å². The summed E-state index contributed by atoms with van der Waals surface area (Å²) in [7, 11) is 2.00. The van der Waals surface area contributed by atoms with E-state index in [-0.39, 0.29) is 17.9 Å². The fourth-order valence-corrected chi connectivity index (χ4v) is 2.40. The number of nitrogens with one attached hydrogen (secondary N) is 2. The van der Waals surface area contributed by atoms with Crippen molar-refractivity contribution in [1.29, 1.82) is 0 Å². The molecule has 1 aromatic heterocycles. The van der Waals surface area contributed by atoms with Crippen LogP contribution >= 0.6 is 0 Å². The van der Waals surface area contributed by atoms with Crippen LogP contribution in [0, 0.1) is 0 Å². The maximum absolute atomic E-state index is 11.7. The van der Waals surface area contributed by atoms with E-state index in [1.807, 2.05) is 42.1 Å². The zero-order valence-electron chi connectivity index (χ0n) is 10.6. The van der Waals surface area contributed by atoms with Crippen molar-refractivity contribution in [3.05, 3.63) is 30.5 Å². The summed E-state index contributed by atoms with van der Waals surface area (Å²) in [5, 5.41) is 6.65. The van der Waals surface area contributed by atoms with Gasteiger partial charge < -0.3 is 9.88 Å². The van der Waals surface area contributed by atoms with E-state index < -0.39 is 0 Å². The van der Waals surface area contributed by atoms with Gasteiger partial charge in [-0.05, 0) is 30.7 Å². The molecule has 1 aliphatic rings. The summed E-state index contributed by atoms with van der Waals surface area (Å²) in [4.78, 5) is 22.8. The number of carbonyl (C=O) groups is 2. The van der Waals surface area contributed by atoms with Gasteiger partial charge in [-0.3, -0.25) is 14.9 Å². The van der Waals surface area contributed by atoms with Crippen LogP contribution in [0.25, 0.3) is 10.9 Å². The summed E-state index contributed by atoms with van der Waals surface area (Å²) < 4.78 is 2.05. The Labute approximate surface area is 110 Å². The minimum absolute atomic E-state index is 0.193. The number of rotatable bonds is 2. The lowest BCUT2D eigenvalue weighted by atomic mass is 10.1. The highest BCUT2D eigenvalue weighted by Gasteiger charge is 2.26. The Hall–Kier alpha value is -2.30. The Morgan fingerprint density at radius 2 is 2.16 bits per heavy atom. The quantitative estimate of drug-likeness (QED) is 0.799. The van der Waals surface area contributed by atoms with E-state index in [1.54, 1.807) is 0 Å². The molecular weight excluding hydrogens is 242 g/mol. The van der Waals surface area contributed by atoms with Crippen molar-refractivity contribution in [2.45, 2.75) is 18.9 Å². The van der Waals surface area contributed by atoms with Gasteiger partial charge in [0.15, 0.2) is 0 Å². The molecule has 0 radical (unpaired) electrons. The summed E-state index contributed by atoms with van der Waals surface area (Å²) in [6.07, 6.45) is 2.93. The third-order valence-electron chi connectivity index (χ3n) is 3.47. The Morgan fingerprint density at radius 1 is 1.32 bits per heavy atom. The number of imide groups is 1. The van der Waals surface area contributed by atoms with Crippen molar-refractivity contribution in [2.75, 3.05) is 5.32 Å². The maximum atomic E-state index is 11.7. The number of aromatic nitrogens is 1. The first kappa shape index (κ1) is 11.8. The third kappa shape index (κ3) is 2.19. The van der Waals surface area contributed by atoms with Gasteiger partial charge in [0.05, 0.1) is 0 Å². The van der Waals surface area contributed by atoms with Gasteiger partial charge in [0.1, 0.15) is 6.04 Å². The lowest BCUT2D eigenvalue weighted by Gasteiger charge is -2.22. The molecule has 0 aliphatic carbocycles. The van der Waals surface area contributed by atoms with Gasteiger partial charge in [0.25, 0.3) is 0 Å². The molecule has 1 aromatic carbocycles. The number of hydrogen-bond donors (Lipinski definition) is 2. The summed E-state index contributed by atoms with van der Waals surface area (Å²) >= 11 is 0. The van der Waals surface area contributed by atoms with E-state index in [0.29, 0.717) is 12.8 Å². The highest BCUT2D eigenvalue weighted by molar-refractivity contribution is 6.01. The van der Waals surface area contributed by atoms with Crippen molar-refractivity contribution in [3.8, 4) is 0 Å². The first-order chi connectivity index (χ1) is 9.13. The van der Waals surface area contributed by atoms with Crippen LogP contribution in [0.5, 0.6) is 0 Å². The first-order valence-corrected chi connectivity index (χ1v) is 6.29. The zero-order chi connectivity index (χ0) is 13.4. The number of amides is 2. The van der Waals surface area contributed by atoms with Crippen molar-refractivity contribution in [2.24, 2.45) is 7.05 Å². The number of nitrogens with zero attached hydrogens (tertiary/aromatic N) is 1. The van der Waals surface area contributed by atoms with Gasteiger partial charge in [-0.1, -0.05) is 0 Å². The summed E-state index contributed by atoms with van der Waals surface area (Å²) in [5.41, 5.74) is 2.04.